The van der Waals surface area contributed by atoms with E-state index in [-0.39, 0.29) is 17.5 Å². The summed E-state index contributed by atoms with van der Waals surface area (Å²) in [6.07, 6.45) is 4.97. The molecule has 0 spiro atoms. The van der Waals surface area contributed by atoms with E-state index in [1.165, 1.54) is 31.7 Å². The molecule has 112 valence electrons. The number of hydrogen-bond donors (Lipinski definition) is 2. The summed E-state index contributed by atoms with van der Waals surface area (Å²) in [5.41, 5.74) is 1.44. The summed E-state index contributed by atoms with van der Waals surface area (Å²) in [5.74, 6) is 0.259. The lowest BCUT2D eigenvalue weighted by molar-refractivity contribution is 0.100. The molecule has 1 fully saturated rings. The Morgan fingerprint density at radius 3 is 2.10 bits per heavy atom. The van der Waals surface area contributed by atoms with Gasteiger partial charge in [-0.25, -0.2) is 0 Å². The van der Waals surface area contributed by atoms with E-state index in [0.29, 0.717) is 11.5 Å². The molecule has 1 aliphatic rings. The second-order valence-electron chi connectivity index (χ2n) is 7.02. The topological polar surface area (TPSA) is 43.7 Å². The Morgan fingerprint density at radius 2 is 1.60 bits per heavy atom. The number of hydrogen-bond acceptors (Lipinski definition) is 3. The van der Waals surface area contributed by atoms with Crippen LogP contribution >= 0.6 is 0 Å². The molecule has 0 heterocycles. The summed E-state index contributed by atoms with van der Waals surface area (Å²) in [5, 5.41) is 19.3. The third-order valence-corrected chi connectivity index (χ3v) is 4.90. The molecule has 2 rings (SSSR count). The van der Waals surface area contributed by atoms with E-state index in [2.05, 4.69) is 32.7 Å². The van der Waals surface area contributed by atoms with Gasteiger partial charge in [0.25, 0.3) is 0 Å². The number of phenolic OH excluding ortho intramolecular Hbond substituents is 2. The highest BCUT2D eigenvalue weighted by Crippen LogP contribution is 2.39. The fourth-order valence-electron chi connectivity index (χ4n) is 3.20. The van der Waals surface area contributed by atoms with Gasteiger partial charge in [-0.3, -0.25) is 4.90 Å². The highest BCUT2D eigenvalue weighted by atomic mass is 16.3. The van der Waals surface area contributed by atoms with Crippen molar-refractivity contribution in [3.8, 4) is 11.5 Å². The van der Waals surface area contributed by atoms with Crippen LogP contribution in [0.2, 0.25) is 0 Å². The van der Waals surface area contributed by atoms with E-state index in [9.17, 15) is 10.2 Å². The van der Waals surface area contributed by atoms with Crippen LogP contribution in [-0.4, -0.2) is 28.2 Å². The predicted octanol–water partition coefficient (Wildman–Crippen LogP) is 4.06. The Balaban J connectivity index is 2.07. The second kappa shape index (κ2) is 5.65. The molecule has 3 heteroatoms. The largest absolute Gasteiger partial charge is 0.508 e. The van der Waals surface area contributed by atoms with Crippen molar-refractivity contribution in [2.45, 2.75) is 58.5 Å². The van der Waals surface area contributed by atoms with E-state index in [1.807, 2.05) is 0 Å². The molecular weight excluding hydrogens is 250 g/mol. The van der Waals surface area contributed by atoms with Crippen LogP contribution in [0.4, 0.5) is 0 Å². The molecule has 1 saturated carbocycles. The molecule has 0 bridgehead atoms. The molecule has 2 N–H and O–H groups in total. The van der Waals surface area contributed by atoms with Gasteiger partial charge in [-0.05, 0) is 62.8 Å². The Morgan fingerprint density at radius 1 is 1.10 bits per heavy atom. The van der Waals surface area contributed by atoms with Crippen LogP contribution in [0.1, 0.15) is 58.1 Å². The average Bonchev–Trinajstić information content (AvgIpc) is 2.36. The van der Waals surface area contributed by atoms with Gasteiger partial charge in [0.05, 0.1) is 0 Å². The molecule has 1 aliphatic carbocycles. The molecule has 0 radical (unpaired) electrons. The lowest BCUT2D eigenvalue weighted by Crippen LogP contribution is -2.38. The number of aromatic hydroxyl groups is 2. The second-order valence-corrected chi connectivity index (χ2v) is 7.02. The zero-order valence-electron chi connectivity index (χ0n) is 13.1. The third-order valence-electron chi connectivity index (χ3n) is 4.90. The highest BCUT2D eigenvalue weighted by Gasteiger charge is 2.30. The number of benzene rings is 1. The van der Waals surface area contributed by atoms with Gasteiger partial charge in [0.2, 0.25) is 0 Å². The first-order valence-electron chi connectivity index (χ1n) is 7.53. The minimum absolute atomic E-state index is 0.130. The fraction of sp³-hybridized carbons (Fsp3) is 0.647. The molecule has 0 aromatic heterocycles. The van der Waals surface area contributed by atoms with Gasteiger partial charge in [-0.1, -0.05) is 13.8 Å². The van der Waals surface area contributed by atoms with Gasteiger partial charge in [0.15, 0.2) is 0 Å². The highest BCUT2D eigenvalue weighted by molar-refractivity contribution is 5.38. The van der Waals surface area contributed by atoms with Crippen LogP contribution in [0.15, 0.2) is 18.2 Å². The smallest absolute Gasteiger partial charge is 0.119 e. The third kappa shape index (κ3) is 3.45. The van der Waals surface area contributed by atoms with Gasteiger partial charge in [0.1, 0.15) is 11.5 Å². The summed E-state index contributed by atoms with van der Waals surface area (Å²) >= 11 is 0. The zero-order chi connectivity index (χ0) is 14.9. The van der Waals surface area contributed by atoms with E-state index >= 15 is 0 Å². The summed E-state index contributed by atoms with van der Waals surface area (Å²) in [4.78, 5) is 2.38. The standard InChI is InChI=1S/C17H27NO2/c1-12(13-9-15(19)11-16(20)10-13)18(4)14-5-7-17(2,3)8-6-14/h9-12,14,19-20H,5-8H2,1-4H3. The Labute approximate surface area is 122 Å². The molecule has 1 aromatic carbocycles. The van der Waals surface area contributed by atoms with Crippen molar-refractivity contribution in [1.82, 2.24) is 4.90 Å². The number of phenols is 2. The number of nitrogens with zero attached hydrogens (tertiary/aromatic N) is 1. The fourth-order valence-corrected chi connectivity index (χ4v) is 3.20. The van der Waals surface area contributed by atoms with E-state index in [1.54, 1.807) is 12.1 Å². The average molecular weight is 277 g/mol. The van der Waals surface area contributed by atoms with Crippen LogP contribution in [0, 0.1) is 5.41 Å². The molecule has 0 saturated heterocycles. The first kappa shape index (κ1) is 15.2. The zero-order valence-corrected chi connectivity index (χ0v) is 13.1. The van der Waals surface area contributed by atoms with Crippen molar-refractivity contribution in [3.05, 3.63) is 23.8 Å². The maximum atomic E-state index is 9.63. The van der Waals surface area contributed by atoms with Crippen LogP contribution in [0.5, 0.6) is 11.5 Å². The molecule has 20 heavy (non-hydrogen) atoms. The van der Waals surface area contributed by atoms with Gasteiger partial charge in [-0.2, -0.15) is 0 Å². The van der Waals surface area contributed by atoms with Gasteiger partial charge >= 0.3 is 0 Å². The first-order valence-corrected chi connectivity index (χ1v) is 7.53. The van der Waals surface area contributed by atoms with Crippen molar-refractivity contribution < 1.29 is 10.2 Å². The van der Waals surface area contributed by atoms with Crippen LogP contribution in [0.25, 0.3) is 0 Å². The lowest BCUT2D eigenvalue weighted by Gasteiger charge is -2.41. The minimum atomic E-state index is 0.130. The SMILES string of the molecule is CC(c1cc(O)cc(O)c1)N(C)C1CCC(C)(C)CC1. The van der Waals surface area contributed by atoms with Gasteiger partial charge in [-0.15, -0.1) is 0 Å². The summed E-state index contributed by atoms with van der Waals surface area (Å²) < 4.78 is 0. The van der Waals surface area contributed by atoms with Crippen molar-refractivity contribution in [3.63, 3.8) is 0 Å². The normalized spacial score (nSPS) is 21.1. The number of rotatable bonds is 3. The van der Waals surface area contributed by atoms with Crippen molar-refractivity contribution in [2.24, 2.45) is 5.41 Å². The molecular formula is C17H27NO2. The summed E-state index contributed by atoms with van der Waals surface area (Å²) in [7, 11) is 2.15. The lowest BCUT2D eigenvalue weighted by atomic mass is 9.75. The van der Waals surface area contributed by atoms with Crippen molar-refractivity contribution >= 4 is 0 Å². The molecule has 1 unspecified atom stereocenters. The minimum Gasteiger partial charge on any atom is -0.508 e. The molecule has 1 aromatic rings. The Kier molecular flexibility index (Phi) is 4.28. The molecule has 3 nitrogen and oxygen atoms in total. The van der Waals surface area contributed by atoms with Crippen molar-refractivity contribution in [2.75, 3.05) is 7.05 Å². The maximum absolute atomic E-state index is 9.63. The molecule has 1 atom stereocenters. The summed E-state index contributed by atoms with van der Waals surface area (Å²) in [6, 6.07) is 5.64. The van der Waals surface area contributed by atoms with Crippen LogP contribution in [-0.2, 0) is 0 Å². The van der Waals surface area contributed by atoms with Crippen LogP contribution in [0.3, 0.4) is 0 Å². The van der Waals surface area contributed by atoms with Gasteiger partial charge < -0.3 is 10.2 Å². The molecule has 0 amide bonds. The Bertz CT molecular complexity index is 440. The Hall–Kier alpha value is -1.22. The van der Waals surface area contributed by atoms with E-state index in [4.69, 9.17) is 0 Å². The van der Waals surface area contributed by atoms with Crippen molar-refractivity contribution in [1.29, 1.82) is 0 Å². The maximum Gasteiger partial charge on any atom is 0.119 e. The monoisotopic (exact) mass is 277 g/mol. The first-order chi connectivity index (χ1) is 9.28. The van der Waals surface area contributed by atoms with E-state index < -0.39 is 0 Å². The quantitative estimate of drug-likeness (QED) is 0.875. The summed E-state index contributed by atoms with van der Waals surface area (Å²) in [6.45, 7) is 6.83. The van der Waals surface area contributed by atoms with Crippen LogP contribution < -0.4 is 0 Å². The predicted molar refractivity (Wildman–Crippen MR) is 82.0 cm³/mol. The van der Waals surface area contributed by atoms with Gasteiger partial charge in [0, 0.05) is 18.2 Å². The molecule has 0 aliphatic heterocycles. The van der Waals surface area contributed by atoms with E-state index in [0.717, 1.165) is 5.56 Å².